The Labute approximate surface area is 168 Å². The number of benzene rings is 2. The number of nitriles is 1. The Hall–Kier alpha value is -3.25. The number of hydrogen-bond acceptors (Lipinski definition) is 6. The summed E-state index contributed by atoms with van der Waals surface area (Å²) in [6, 6.07) is 11.2. The van der Waals surface area contributed by atoms with E-state index in [0.717, 1.165) is 17.5 Å². The number of aromatic nitrogens is 1. The molecule has 4 rings (SSSR count). The van der Waals surface area contributed by atoms with E-state index in [1.54, 1.807) is 18.2 Å². The fourth-order valence-corrected chi connectivity index (χ4v) is 3.56. The number of amides is 1. The molecule has 1 aromatic heterocycles. The number of nitrogens with one attached hydrogen (secondary N) is 1. The van der Waals surface area contributed by atoms with Crippen LogP contribution in [0.3, 0.4) is 0 Å². The number of nitrogens with zero attached hydrogens (tertiary/aromatic N) is 2. The summed E-state index contributed by atoms with van der Waals surface area (Å²) < 4.78 is 36.1. The van der Waals surface area contributed by atoms with Crippen molar-refractivity contribution in [2.24, 2.45) is 5.92 Å². The standard InChI is InChI=1S/C20H15F2N3O3S/c21-19(22)28-15-6-4-13(8-16(15)27-10-11-1-2-11)18(26)25-20-24-14-5-3-12(9-23)7-17(14)29-20/h3-8,11,19H,1-2,10H2,(H,24,25,26). The zero-order valence-corrected chi connectivity index (χ0v) is 15.8. The first kappa shape index (κ1) is 19.1. The molecule has 0 aliphatic heterocycles. The van der Waals surface area contributed by atoms with Gasteiger partial charge < -0.3 is 9.47 Å². The molecule has 0 unspecified atom stereocenters. The summed E-state index contributed by atoms with van der Waals surface area (Å²) in [5.41, 5.74) is 1.40. The van der Waals surface area contributed by atoms with E-state index in [0.29, 0.717) is 28.7 Å². The molecule has 0 bridgehead atoms. The van der Waals surface area contributed by atoms with Gasteiger partial charge in [-0.3, -0.25) is 10.1 Å². The molecule has 0 radical (unpaired) electrons. The van der Waals surface area contributed by atoms with E-state index in [2.05, 4.69) is 21.1 Å². The summed E-state index contributed by atoms with van der Waals surface area (Å²) in [5, 5.41) is 12.0. The van der Waals surface area contributed by atoms with Crippen LogP contribution in [-0.2, 0) is 0 Å². The van der Waals surface area contributed by atoms with Crippen LogP contribution in [0.5, 0.6) is 11.5 Å². The monoisotopic (exact) mass is 415 g/mol. The van der Waals surface area contributed by atoms with E-state index in [1.165, 1.54) is 29.5 Å². The van der Waals surface area contributed by atoms with Crippen LogP contribution in [0.4, 0.5) is 13.9 Å². The van der Waals surface area contributed by atoms with Crippen LogP contribution in [0.25, 0.3) is 10.2 Å². The van der Waals surface area contributed by atoms with E-state index < -0.39 is 12.5 Å². The highest BCUT2D eigenvalue weighted by Crippen LogP contribution is 2.34. The van der Waals surface area contributed by atoms with Crippen LogP contribution in [0, 0.1) is 17.2 Å². The fourth-order valence-electron chi connectivity index (χ4n) is 2.66. The van der Waals surface area contributed by atoms with Crippen LogP contribution in [0.1, 0.15) is 28.8 Å². The molecule has 1 fully saturated rings. The number of carbonyl (C=O) groups excluding carboxylic acids is 1. The summed E-state index contributed by atoms with van der Waals surface area (Å²) in [6.45, 7) is -2.59. The predicted octanol–water partition coefficient (Wildman–Crippen LogP) is 4.81. The van der Waals surface area contributed by atoms with Crippen LogP contribution in [0.2, 0.25) is 0 Å². The van der Waals surface area contributed by atoms with Crippen molar-refractivity contribution in [2.75, 3.05) is 11.9 Å². The molecule has 0 saturated heterocycles. The maximum Gasteiger partial charge on any atom is 0.387 e. The van der Waals surface area contributed by atoms with Crippen molar-refractivity contribution < 1.29 is 23.0 Å². The fraction of sp³-hybridized carbons (Fsp3) is 0.250. The molecule has 1 amide bonds. The predicted molar refractivity (Wildman–Crippen MR) is 104 cm³/mol. The van der Waals surface area contributed by atoms with Crippen LogP contribution in [-0.4, -0.2) is 24.1 Å². The SMILES string of the molecule is N#Cc1ccc2nc(NC(=O)c3ccc(OC(F)F)c(OCC4CC4)c3)sc2c1. The minimum Gasteiger partial charge on any atom is -0.489 e. The van der Waals surface area contributed by atoms with E-state index >= 15 is 0 Å². The molecule has 1 aliphatic rings. The first-order valence-electron chi connectivity index (χ1n) is 8.85. The van der Waals surface area contributed by atoms with Crippen molar-refractivity contribution in [1.29, 1.82) is 5.26 Å². The third kappa shape index (κ3) is 4.60. The number of anilines is 1. The Bertz CT molecular complexity index is 1110. The molecular formula is C20H15F2N3O3S. The second-order valence-electron chi connectivity index (χ2n) is 6.56. The highest BCUT2D eigenvalue weighted by atomic mass is 32.1. The van der Waals surface area contributed by atoms with Crippen LogP contribution >= 0.6 is 11.3 Å². The van der Waals surface area contributed by atoms with Crippen molar-refractivity contribution in [1.82, 2.24) is 4.98 Å². The van der Waals surface area contributed by atoms with Crippen molar-refractivity contribution >= 4 is 32.6 Å². The van der Waals surface area contributed by atoms with Crippen LogP contribution in [0.15, 0.2) is 36.4 Å². The highest BCUT2D eigenvalue weighted by Gasteiger charge is 2.23. The molecule has 29 heavy (non-hydrogen) atoms. The summed E-state index contributed by atoms with van der Waals surface area (Å²) in [6.07, 6.45) is 2.08. The van der Waals surface area contributed by atoms with Crippen molar-refractivity contribution in [3.05, 3.63) is 47.5 Å². The zero-order chi connectivity index (χ0) is 20.4. The van der Waals surface area contributed by atoms with Crippen molar-refractivity contribution in [2.45, 2.75) is 19.5 Å². The van der Waals surface area contributed by atoms with Gasteiger partial charge >= 0.3 is 6.61 Å². The molecule has 1 saturated carbocycles. The van der Waals surface area contributed by atoms with Crippen molar-refractivity contribution in [3.63, 3.8) is 0 Å². The quantitative estimate of drug-likeness (QED) is 0.599. The summed E-state index contributed by atoms with van der Waals surface area (Å²) in [7, 11) is 0. The van der Waals surface area contributed by atoms with Gasteiger partial charge in [-0.1, -0.05) is 11.3 Å². The number of halogens is 2. The maximum atomic E-state index is 12.6. The molecular weight excluding hydrogens is 400 g/mol. The first-order valence-corrected chi connectivity index (χ1v) is 9.67. The van der Waals surface area contributed by atoms with Crippen LogP contribution < -0.4 is 14.8 Å². The second kappa shape index (κ2) is 8.01. The first-order chi connectivity index (χ1) is 14.0. The minimum absolute atomic E-state index is 0.104. The van der Waals surface area contributed by atoms with Gasteiger partial charge in [0.05, 0.1) is 28.5 Å². The van der Waals surface area contributed by atoms with E-state index in [4.69, 9.17) is 10.00 Å². The number of alkyl halides is 2. The van der Waals surface area contributed by atoms with Gasteiger partial charge in [-0.15, -0.1) is 0 Å². The van der Waals surface area contributed by atoms with Crippen molar-refractivity contribution in [3.8, 4) is 17.6 Å². The minimum atomic E-state index is -2.99. The van der Waals surface area contributed by atoms with Gasteiger partial charge in [0.25, 0.3) is 5.91 Å². The second-order valence-corrected chi connectivity index (χ2v) is 7.59. The van der Waals surface area contributed by atoms with Gasteiger partial charge in [0, 0.05) is 5.56 Å². The Kier molecular flexibility index (Phi) is 5.27. The molecule has 9 heteroatoms. The number of hydrogen-bond donors (Lipinski definition) is 1. The van der Waals surface area contributed by atoms with Gasteiger partial charge in [0.2, 0.25) is 0 Å². The Balaban J connectivity index is 1.54. The van der Waals surface area contributed by atoms with Gasteiger partial charge in [0.15, 0.2) is 16.6 Å². The molecule has 1 heterocycles. The molecule has 148 valence electrons. The molecule has 0 atom stereocenters. The Morgan fingerprint density at radius 3 is 2.83 bits per heavy atom. The summed E-state index contributed by atoms with van der Waals surface area (Å²) in [4.78, 5) is 16.9. The smallest absolute Gasteiger partial charge is 0.387 e. The molecule has 1 aliphatic carbocycles. The molecule has 0 spiro atoms. The number of rotatable bonds is 7. The normalized spacial score (nSPS) is 13.3. The Morgan fingerprint density at radius 1 is 1.28 bits per heavy atom. The maximum absolute atomic E-state index is 12.6. The van der Waals surface area contributed by atoms with E-state index in [-0.39, 0.29) is 17.1 Å². The lowest BCUT2D eigenvalue weighted by molar-refractivity contribution is -0.0515. The van der Waals surface area contributed by atoms with Gasteiger partial charge in [-0.05, 0) is 55.2 Å². The van der Waals surface area contributed by atoms with Gasteiger partial charge in [0.1, 0.15) is 0 Å². The molecule has 2 aromatic carbocycles. The summed E-state index contributed by atoms with van der Waals surface area (Å²) >= 11 is 1.24. The number of carbonyl (C=O) groups is 1. The number of ether oxygens (including phenoxy) is 2. The average Bonchev–Trinajstić information content (AvgIpc) is 3.44. The number of fused-ring (bicyclic) bond motifs is 1. The molecule has 1 N–H and O–H groups in total. The lowest BCUT2D eigenvalue weighted by Crippen LogP contribution is -2.13. The average molecular weight is 415 g/mol. The molecule has 3 aromatic rings. The summed E-state index contributed by atoms with van der Waals surface area (Å²) in [5.74, 6) is -0.0496. The Morgan fingerprint density at radius 2 is 2.10 bits per heavy atom. The largest absolute Gasteiger partial charge is 0.489 e. The topological polar surface area (TPSA) is 84.2 Å². The van der Waals surface area contributed by atoms with E-state index in [9.17, 15) is 13.6 Å². The van der Waals surface area contributed by atoms with Gasteiger partial charge in [-0.25, -0.2) is 4.98 Å². The third-order valence-corrected chi connectivity index (χ3v) is 5.27. The molecule has 6 nitrogen and oxygen atoms in total. The van der Waals surface area contributed by atoms with Gasteiger partial charge in [-0.2, -0.15) is 14.0 Å². The zero-order valence-electron chi connectivity index (χ0n) is 15.0. The van der Waals surface area contributed by atoms with E-state index in [1.807, 2.05) is 0 Å². The lowest BCUT2D eigenvalue weighted by atomic mass is 10.2. The number of thiazole rings is 1. The third-order valence-electron chi connectivity index (χ3n) is 4.33. The highest BCUT2D eigenvalue weighted by molar-refractivity contribution is 7.22. The lowest BCUT2D eigenvalue weighted by Gasteiger charge is -2.13.